The molecule has 2 aromatic rings. The van der Waals surface area contributed by atoms with Crippen LogP contribution in [-0.4, -0.2) is 21.9 Å². The Morgan fingerprint density at radius 2 is 2.08 bits per heavy atom. The first-order valence-corrected chi connectivity index (χ1v) is 7.68. The Hall–Kier alpha value is -2.60. The van der Waals surface area contributed by atoms with Crippen LogP contribution in [0.1, 0.15) is 29.9 Å². The number of carbonyl (C=O) groups is 1. The highest BCUT2D eigenvalue weighted by Crippen LogP contribution is 2.24. The Balaban J connectivity index is 2.13. The van der Waals surface area contributed by atoms with E-state index < -0.39 is 12.1 Å². The summed E-state index contributed by atoms with van der Waals surface area (Å²) in [6, 6.07) is 11.9. The largest absolute Gasteiger partial charge is 0.465 e. The summed E-state index contributed by atoms with van der Waals surface area (Å²) in [5.41, 5.74) is 2.68. The van der Waals surface area contributed by atoms with E-state index in [0.717, 1.165) is 11.4 Å². The van der Waals surface area contributed by atoms with Crippen molar-refractivity contribution in [2.24, 2.45) is 5.16 Å². The first kappa shape index (κ1) is 17.7. The van der Waals surface area contributed by atoms with Crippen LogP contribution in [0.3, 0.4) is 0 Å². The molecule has 0 aliphatic rings. The molecule has 0 spiro atoms. The number of aromatic nitrogens is 1. The summed E-state index contributed by atoms with van der Waals surface area (Å²) >= 11 is 6.16. The van der Waals surface area contributed by atoms with E-state index in [1.165, 1.54) is 0 Å². The predicted molar refractivity (Wildman–Crippen MR) is 92.2 cm³/mol. The van der Waals surface area contributed by atoms with Crippen LogP contribution in [0.25, 0.3) is 0 Å². The van der Waals surface area contributed by atoms with Gasteiger partial charge in [-0.05, 0) is 37.6 Å². The Bertz CT molecular complexity index is 749. The lowest BCUT2D eigenvalue weighted by Gasteiger charge is -2.18. The highest BCUT2D eigenvalue weighted by atomic mass is 35.5. The van der Waals surface area contributed by atoms with Crippen molar-refractivity contribution < 1.29 is 14.7 Å². The Morgan fingerprint density at radius 1 is 1.33 bits per heavy atom. The molecule has 2 N–H and O–H groups in total. The number of hydrogen-bond donors (Lipinski definition) is 2. The third kappa shape index (κ3) is 4.96. The monoisotopic (exact) mass is 347 g/mol. The quantitative estimate of drug-likeness (QED) is 0.612. The van der Waals surface area contributed by atoms with Gasteiger partial charge in [0.2, 0.25) is 0 Å². The molecule has 0 aliphatic heterocycles. The van der Waals surface area contributed by atoms with Crippen LogP contribution in [0, 0.1) is 6.92 Å². The van der Waals surface area contributed by atoms with Gasteiger partial charge >= 0.3 is 6.09 Å². The van der Waals surface area contributed by atoms with Gasteiger partial charge in [0.25, 0.3) is 0 Å². The molecule has 2 rings (SSSR count). The molecule has 1 heterocycles. The number of hydrogen-bond acceptors (Lipinski definition) is 4. The van der Waals surface area contributed by atoms with Crippen LogP contribution in [0.15, 0.2) is 47.6 Å². The third-order valence-corrected chi connectivity index (χ3v) is 3.61. The lowest BCUT2D eigenvalue weighted by molar-refractivity contribution is 0.126. The number of pyridine rings is 1. The normalized spacial score (nSPS) is 12.5. The summed E-state index contributed by atoms with van der Waals surface area (Å²) in [5, 5.41) is 15.9. The van der Waals surface area contributed by atoms with Crippen molar-refractivity contribution >= 4 is 23.4 Å². The van der Waals surface area contributed by atoms with Crippen molar-refractivity contribution in [1.29, 1.82) is 0 Å². The van der Waals surface area contributed by atoms with E-state index in [1.807, 2.05) is 25.1 Å². The van der Waals surface area contributed by atoms with Gasteiger partial charge in [0.15, 0.2) is 6.61 Å². The Morgan fingerprint density at radius 3 is 2.75 bits per heavy atom. The number of aryl methyl sites for hydroxylation is 1. The summed E-state index contributed by atoms with van der Waals surface area (Å²) < 4.78 is 0. The molecule has 0 aliphatic carbocycles. The van der Waals surface area contributed by atoms with Gasteiger partial charge in [0, 0.05) is 10.7 Å². The van der Waals surface area contributed by atoms with E-state index in [4.69, 9.17) is 21.5 Å². The summed E-state index contributed by atoms with van der Waals surface area (Å²) in [6.07, 6.45) is -1.17. The van der Waals surface area contributed by atoms with Crippen molar-refractivity contribution in [1.82, 2.24) is 10.3 Å². The van der Waals surface area contributed by atoms with Gasteiger partial charge in [0.1, 0.15) is 6.04 Å². The van der Waals surface area contributed by atoms with Gasteiger partial charge in [0.05, 0.1) is 11.4 Å². The van der Waals surface area contributed by atoms with E-state index in [2.05, 4.69) is 15.5 Å². The average molecular weight is 348 g/mol. The van der Waals surface area contributed by atoms with E-state index >= 15 is 0 Å². The second-order valence-electron chi connectivity index (χ2n) is 5.18. The summed E-state index contributed by atoms with van der Waals surface area (Å²) in [7, 11) is 0. The number of nitrogens with one attached hydrogen (secondary N) is 1. The van der Waals surface area contributed by atoms with Gasteiger partial charge in [-0.2, -0.15) is 0 Å². The van der Waals surface area contributed by atoms with Crippen LogP contribution < -0.4 is 5.32 Å². The minimum Gasteiger partial charge on any atom is -0.465 e. The molecule has 1 aromatic carbocycles. The summed E-state index contributed by atoms with van der Waals surface area (Å²) in [4.78, 5) is 20.7. The number of amides is 1. The van der Waals surface area contributed by atoms with E-state index in [0.29, 0.717) is 16.3 Å². The fraction of sp³-hybridized carbons (Fsp3) is 0.235. The molecule has 1 atom stereocenters. The molecule has 126 valence electrons. The highest BCUT2D eigenvalue weighted by molar-refractivity contribution is 6.31. The first-order chi connectivity index (χ1) is 11.5. The summed E-state index contributed by atoms with van der Waals surface area (Å²) in [5.74, 6) is 0. The maximum atomic E-state index is 11.1. The number of benzene rings is 1. The fourth-order valence-electron chi connectivity index (χ4n) is 2.17. The van der Waals surface area contributed by atoms with Crippen molar-refractivity contribution in [2.45, 2.75) is 26.5 Å². The van der Waals surface area contributed by atoms with E-state index in [9.17, 15) is 4.79 Å². The first-order valence-electron chi connectivity index (χ1n) is 7.30. The molecule has 0 saturated heterocycles. The van der Waals surface area contributed by atoms with Crippen molar-refractivity contribution in [3.63, 3.8) is 0 Å². The molecular weight excluding hydrogens is 330 g/mol. The number of oxime groups is 1. The molecule has 1 aromatic heterocycles. The molecule has 0 saturated carbocycles. The molecule has 0 radical (unpaired) electrons. The third-order valence-electron chi connectivity index (χ3n) is 3.27. The zero-order chi connectivity index (χ0) is 17.5. The minimum atomic E-state index is -1.17. The smallest absolute Gasteiger partial charge is 0.405 e. The van der Waals surface area contributed by atoms with Gasteiger partial charge in [-0.15, -0.1) is 0 Å². The van der Waals surface area contributed by atoms with Gasteiger partial charge < -0.3 is 15.3 Å². The van der Waals surface area contributed by atoms with Crippen molar-refractivity contribution in [3.8, 4) is 0 Å². The molecule has 6 nitrogen and oxygen atoms in total. The maximum Gasteiger partial charge on any atom is 0.405 e. The highest BCUT2D eigenvalue weighted by Gasteiger charge is 2.20. The van der Waals surface area contributed by atoms with Gasteiger partial charge in [-0.1, -0.05) is 41.0 Å². The standard InChI is InChI=1S/C17H18ClN3O3/c1-11-6-5-7-13(19-11)10-24-21-12(2)16(20-17(22)23)14-8-3-4-9-15(14)18/h3-9,16,20H,10H2,1-2H3,(H,22,23). The van der Waals surface area contributed by atoms with Crippen LogP contribution in [0.5, 0.6) is 0 Å². The van der Waals surface area contributed by atoms with Crippen LogP contribution >= 0.6 is 11.6 Å². The minimum absolute atomic E-state index is 0.196. The molecule has 0 bridgehead atoms. The van der Waals surface area contributed by atoms with Crippen molar-refractivity contribution in [2.75, 3.05) is 0 Å². The zero-order valence-corrected chi connectivity index (χ0v) is 14.1. The molecule has 1 unspecified atom stereocenters. The molecule has 24 heavy (non-hydrogen) atoms. The average Bonchev–Trinajstić information content (AvgIpc) is 2.53. The second-order valence-corrected chi connectivity index (χ2v) is 5.59. The molecule has 1 amide bonds. The van der Waals surface area contributed by atoms with Gasteiger partial charge in [-0.25, -0.2) is 4.79 Å². The number of halogens is 1. The van der Waals surface area contributed by atoms with Crippen LogP contribution in [-0.2, 0) is 11.4 Å². The Labute approximate surface area is 145 Å². The van der Waals surface area contributed by atoms with E-state index in [-0.39, 0.29) is 6.61 Å². The fourth-order valence-corrected chi connectivity index (χ4v) is 2.42. The Kier molecular flexibility index (Phi) is 6.14. The van der Waals surface area contributed by atoms with Crippen LogP contribution in [0.4, 0.5) is 4.79 Å². The van der Waals surface area contributed by atoms with E-state index in [1.54, 1.807) is 31.2 Å². The maximum absolute atomic E-state index is 11.1. The van der Waals surface area contributed by atoms with Gasteiger partial charge in [-0.3, -0.25) is 4.98 Å². The number of nitrogens with zero attached hydrogens (tertiary/aromatic N) is 2. The second kappa shape index (κ2) is 8.31. The topological polar surface area (TPSA) is 83.8 Å². The predicted octanol–water partition coefficient (Wildman–Crippen LogP) is 3.94. The lowest BCUT2D eigenvalue weighted by atomic mass is 10.0. The zero-order valence-electron chi connectivity index (χ0n) is 13.4. The molecule has 0 fully saturated rings. The molecular formula is C17H18ClN3O3. The number of rotatable bonds is 6. The van der Waals surface area contributed by atoms with Crippen LogP contribution in [0.2, 0.25) is 5.02 Å². The number of carboxylic acid groups (broad SMARTS) is 1. The lowest BCUT2D eigenvalue weighted by Crippen LogP contribution is -2.31. The molecule has 7 heteroatoms. The van der Waals surface area contributed by atoms with Crippen molar-refractivity contribution in [3.05, 3.63) is 64.4 Å². The SMILES string of the molecule is CC(=NOCc1cccc(C)n1)C(NC(=O)O)c1ccccc1Cl. The summed E-state index contributed by atoms with van der Waals surface area (Å²) in [6.45, 7) is 3.76.